The van der Waals surface area contributed by atoms with Crippen LogP contribution in [0.15, 0.2) is 28.7 Å². The second-order valence-electron chi connectivity index (χ2n) is 7.90. The SMILES string of the molecule is CC1CCCC(NC(=O)CN2C(=O)NC(C)(c3cccc(Br)c3)C2=O)C1C. The van der Waals surface area contributed by atoms with Crippen LogP contribution in [0.2, 0.25) is 0 Å². The minimum Gasteiger partial charge on any atom is -0.352 e. The summed E-state index contributed by atoms with van der Waals surface area (Å²) in [6.45, 7) is 5.75. The van der Waals surface area contributed by atoms with Crippen molar-refractivity contribution in [3.05, 3.63) is 34.3 Å². The number of nitrogens with zero attached hydrogens (tertiary/aromatic N) is 1. The molecule has 2 fully saturated rings. The van der Waals surface area contributed by atoms with Crippen LogP contribution >= 0.6 is 15.9 Å². The second-order valence-corrected chi connectivity index (χ2v) is 8.81. The van der Waals surface area contributed by atoms with E-state index < -0.39 is 17.5 Å². The molecule has 4 atom stereocenters. The lowest BCUT2D eigenvalue weighted by Gasteiger charge is -2.34. The molecule has 1 aliphatic carbocycles. The van der Waals surface area contributed by atoms with Crippen LogP contribution in [0, 0.1) is 11.8 Å². The van der Waals surface area contributed by atoms with Gasteiger partial charge >= 0.3 is 6.03 Å². The lowest BCUT2D eigenvalue weighted by molar-refractivity contribution is -0.135. The Hall–Kier alpha value is -1.89. The molecule has 1 aromatic carbocycles. The monoisotopic (exact) mass is 435 g/mol. The number of hydrogen-bond acceptors (Lipinski definition) is 3. The summed E-state index contributed by atoms with van der Waals surface area (Å²) in [5.41, 5.74) is -0.499. The Labute approximate surface area is 168 Å². The zero-order valence-electron chi connectivity index (χ0n) is 15.9. The van der Waals surface area contributed by atoms with Crippen molar-refractivity contribution < 1.29 is 14.4 Å². The molecule has 1 aliphatic heterocycles. The number of hydrogen-bond donors (Lipinski definition) is 2. The van der Waals surface area contributed by atoms with Gasteiger partial charge in [-0.3, -0.25) is 14.5 Å². The maximum absolute atomic E-state index is 12.9. The third kappa shape index (κ3) is 3.88. The molecule has 0 radical (unpaired) electrons. The van der Waals surface area contributed by atoms with E-state index in [1.165, 1.54) is 6.42 Å². The molecular formula is C20H26BrN3O3. The standard InChI is InChI=1S/C20H26BrN3O3/c1-12-6-4-9-16(13(12)2)22-17(25)11-24-18(26)20(3,23-19(24)27)14-7-5-8-15(21)10-14/h5,7-8,10,12-13,16H,4,6,9,11H2,1-3H3,(H,22,25)(H,23,27). The molecule has 6 nitrogen and oxygen atoms in total. The van der Waals surface area contributed by atoms with E-state index in [-0.39, 0.29) is 18.5 Å². The molecule has 1 saturated heterocycles. The maximum Gasteiger partial charge on any atom is 0.325 e. The highest BCUT2D eigenvalue weighted by Crippen LogP contribution is 2.31. The molecule has 146 valence electrons. The van der Waals surface area contributed by atoms with Gasteiger partial charge in [0.05, 0.1) is 0 Å². The number of rotatable bonds is 4. The summed E-state index contributed by atoms with van der Waals surface area (Å²) in [6, 6.07) is 6.81. The number of urea groups is 1. The third-order valence-corrected chi connectivity index (χ3v) is 6.53. The lowest BCUT2D eigenvalue weighted by atomic mass is 9.78. The Morgan fingerprint density at radius 3 is 2.78 bits per heavy atom. The maximum atomic E-state index is 12.9. The van der Waals surface area contributed by atoms with Crippen molar-refractivity contribution in [2.45, 2.75) is 51.6 Å². The molecule has 7 heteroatoms. The quantitative estimate of drug-likeness (QED) is 0.712. The number of benzene rings is 1. The van der Waals surface area contributed by atoms with Crippen LogP contribution in [0.3, 0.4) is 0 Å². The molecule has 4 amide bonds. The average molecular weight is 436 g/mol. The fraction of sp³-hybridized carbons (Fsp3) is 0.550. The first kappa shape index (κ1) is 19.9. The first-order valence-electron chi connectivity index (χ1n) is 9.42. The van der Waals surface area contributed by atoms with Gasteiger partial charge in [-0.1, -0.05) is 54.8 Å². The average Bonchev–Trinajstić information content (AvgIpc) is 2.83. The molecule has 1 heterocycles. The first-order chi connectivity index (χ1) is 12.7. The Morgan fingerprint density at radius 2 is 2.07 bits per heavy atom. The highest BCUT2D eigenvalue weighted by Gasteiger charge is 2.49. The number of amides is 4. The van der Waals surface area contributed by atoms with Crippen molar-refractivity contribution in [2.75, 3.05) is 6.54 Å². The molecule has 27 heavy (non-hydrogen) atoms. The Balaban J connectivity index is 1.69. The van der Waals surface area contributed by atoms with Crippen molar-refractivity contribution in [1.82, 2.24) is 15.5 Å². The van der Waals surface area contributed by atoms with Crippen LogP contribution in [0.1, 0.15) is 45.6 Å². The number of halogens is 1. The summed E-state index contributed by atoms with van der Waals surface area (Å²) >= 11 is 3.39. The van der Waals surface area contributed by atoms with E-state index in [0.717, 1.165) is 22.2 Å². The van der Waals surface area contributed by atoms with Crippen LogP contribution in [0.25, 0.3) is 0 Å². The fourth-order valence-corrected chi connectivity index (χ4v) is 4.42. The van der Waals surface area contributed by atoms with Gasteiger partial charge in [-0.05, 0) is 42.9 Å². The van der Waals surface area contributed by atoms with Crippen LogP contribution in [0.4, 0.5) is 4.79 Å². The Bertz CT molecular complexity index is 769. The van der Waals surface area contributed by atoms with Crippen LogP contribution in [0.5, 0.6) is 0 Å². The van der Waals surface area contributed by atoms with E-state index in [4.69, 9.17) is 0 Å². The van der Waals surface area contributed by atoms with Gasteiger partial charge in [0.2, 0.25) is 5.91 Å². The fourth-order valence-electron chi connectivity index (χ4n) is 4.02. The molecule has 0 bridgehead atoms. The van der Waals surface area contributed by atoms with Gasteiger partial charge in [0.1, 0.15) is 12.1 Å². The van der Waals surface area contributed by atoms with Gasteiger partial charge in [-0.25, -0.2) is 4.79 Å². The van der Waals surface area contributed by atoms with Crippen LogP contribution in [-0.4, -0.2) is 35.3 Å². The number of imide groups is 1. The molecular weight excluding hydrogens is 410 g/mol. The molecule has 2 N–H and O–H groups in total. The highest BCUT2D eigenvalue weighted by atomic mass is 79.9. The van der Waals surface area contributed by atoms with E-state index in [2.05, 4.69) is 40.4 Å². The van der Waals surface area contributed by atoms with Crippen molar-refractivity contribution >= 4 is 33.8 Å². The smallest absolute Gasteiger partial charge is 0.325 e. The van der Waals surface area contributed by atoms with Crippen molar-refractivity contribution in [3.63, 3.8) is 0 Å². The minimum atomic E-state index is -1.17. The van der Waals surface area contributed by atoms with E-state index >= 15 is 0 Å². The van der Waals surface area contributed by atoms with Gasteiger partial charge in [0, 0.05) is 10.5 Å². The molecule has 0 spiro atoms. The summed E-state index contributed by atoms with van der Waals surface area (Å²) in [5, 5.41) is 5.76. The molecule has 1 aromatic rings. The number of nitrogens with one attached hydrogen (secondary N) is 2. The number of carbonyl (C=O) groups is 3. The van der Waals surface area contributed by atoms with Gasteiger partial charge in [-0.15, -0.1) is 0 Å². The molecule has 4 unspecified atom stereocenters. The third-order valence-electron chi connectivity index (χ3n) is 6.03. The predicted octanol–water partition coefficient (Wildman–Crippen LogP) is 3.16. The van der Waals surface area contributed by atoms with E-state index in [1.54, 1.807) is 19.1 Å². The van der Waals surface area contributed by atoms with E-state index in [9.17, 15) is 14.4 Å². The van der Waals surface area contributed by atoms with Gasteiger partial charge in [-0.2, -0.15) is 0 Å². The summed E-state index contributed by atoms with van der Waals surface area (Å²) in [6.07, 6.45) is 3.19. The van der Waals surface area contributed by atoms with E-state index in [0.29, 0.717) is 17.4 Å². The van der Waals surface area contributed by atoms with Crippen LogP contribution in [-0.2, 0) is 15.1 Å². The van der Waals surface area contributed by atoms with Crippen molar-refractivity contribution in [2.24, 2.45) is 11.8 Å². The molecule has 0 aromatic heterocycles. The zero-order valence-corrected chi connectivity index (χ0v) is 17.5. The summed E-state index contributed by atoms with van der Waals surface area (Å²) in [7, 11) is 0. The van der Waals surface area contributed by atoms with Crippen molar-refractivity contribution in [3.8, 4) is 0 Å². The zero-order chi connectivity index (χ0) is 19.8. The van der Waals surface area contributed by atoms with Gasteiger partial charge in [0.25, 0.3) is 5.91 Å². The highest BCUT2D eigenvalue weighted by molar-refractivity contribution is 9.10. The molecule has 1 saturated carbocycles. The lowest BCUT2D eigenvalue weighted by Crippen LogP contribution is -2.48. The second kappa shape index (κ2) is 7.62. The summed E-state index contributed by atoms with van der Waals surface area (Å²) < 4.78 is 0.819. The Morgan fingerprint density at radius 1 is 1.33 bits per heavy atom. The molecule has 2 aliphatic rings. The first-order valence-corrected chi connectivity index (χ1v) is 10.2. The minimum absolute atomic E-state index is 0.0958. The number of carbonyl (C=O) groups excluding carboxylic acids is 3. The normalized spacial score (nSPS) is 31.0. The predicted molar refractivity (Wildman–Crippen MR) is 106 cm³/mol. The van der Waals surface area contributed by atoms with Crippen LogP contribution < -0.4 is 10.6 Å². The topological polar surface area (TPSA) is 78.5 Å². The summed E-state index contributed by atoms with van der Waals surface area (Å²) in [4.78, 5) is 38.9. The van der Waals surface area contributed by atoms with Gasteiger partial charge < -0.3 is 10.6 Å². The molecule has 3 rings (SSSR count). The van der Waals surface area contributed by atoms with E-state index in [1.807, 2.05) is 12.1 Å². The Kier molecular flexibility index (Phi) is 5.60. The van der Waals surface area contributed by atoms with Gasteiger partial charge in [0.15, 0.2) is 0 Å². The largest absolute Gasteiger partial charge is 0.352 e. The summed E-state index contributed by atoms with van der Waals surface area (Å²) in [5.74, 6) is 0.243. The van der Waals surface area contributed by atoms with Crippen molar-refractivity contribution in [1.29, 1.82) is 0 Å².